The van der Waals surface area contributed by atoms with Gasteiger partial charge in [0, 0.05) is 31.0 Å². The highest BCUT2D eigenvalue weighted by atomic mass is 16.2. The predicted octanol–water partition coefficient (Wildman–Crippen LogP) is 4.56. The van der Waals surface area contributed by atoms with Gasteiger partial charge in [-0.3, -0.25) is 14.6 Å². The first-order valence-electron chi connectivity index (χ1n) is 11.1. The van der Waals surface area contributed by atoms with Crippen LogP contribution in [0.15, 0.2) is 48.8 Å². The van der Waals surface area contributed by atoms with Crippen molar-refractivity contribution in [3.8, 4) is 0 Å². The molecule has 30 heavy (non-hydrogen) atoms. The van der Waals surface area contributed by atoms with E-state index in [4.69, 9.17) is 0 Å². The second-order valence-corrected chi connectivity index (χ2v) is 9.76. The second-order valence-electron chi connectivity index (χ2n) is 9.76. The van der Waals surface area contributed by atoms with Gasteiger partial charge in [-0.25, -0.2) is 0 Å². The normalized spacial score (nSPS) is 28.9. The number of aromatic nitrogens is 1. The fourth-order valence-electron chi connectivity index (χ4n) is 6.52. The van der Waals surface area contributed by atoms with Crippen molar-refractivity contribution in [2.24, 2.45) is 23.2 Å². The Kier molecular flexibility index (Phi) is 5.05. The van der Waals surface area contributed by atoms with E-state index in [1.165, 1.54) is 38.5 Å². The lowest BCUT2D eigenvalue weighted by Gasteiger charge is -2.56. The largest absolute Gasteiger partial charge is 0.352 e. The zero-order valence-electron chi connectivity index (χ0n) is 17.3. The number of nitrogens with zero attached hydrogens (tertiary/aromatic N) is 1. The summed E-state index contributed by atoms with van der Waals surface area (Å²) in [5, 5.41) is 6.00. The number of carbonyl (C=O) groups is 2. The van der Waals surface area contributed by atoms with Gasteiger partial charge in [-0.1, -0.05) is 12.1 Å². The summed E-state index contributed by atoms with van der Waals surface area (Å²) in [5.41, 5.74) is 2.57. The number of nitrogens with one attached hydrogen (secondary N) is 2. The van der Waals surface area contributed by atoms with Crippen LogP contribution < -0.4 is 10.6 Å². The summed E-state index contributed by atoms with van der Waals surface area (Å²) in [5.74, 6) is 2.63. The van der Waals surface area contributed by atoms with Crippen molar-refractivity contribution in [1.29, 1.82) is 0 Å². The molecule has 1 aromatic heterocycles. The van der Waals surface area contributed by atoms with Gasteiger partial charge in [-0.2, -0.15) is 0 Å². The first kappa shape index (κ1) is 19.3. The molecule has 5 nitrogen and oxygen atoms in total. The van der Waals surface area contributed by atoms with Crippen LogP contribution in [0.1, 0.15) is 60.9 Å². The van der Waals surface area contributed by atoms with E-state index in [1.807, 2.05) is 24.3 Å². The Morgan fingerprint density at radius 2 is 1.63 bits per heavy atom. The maximum absolute atomic E-state index is 12.7. The van der Waals surface area contributed by atoms with Crippen LogP contribution in [0.4, 0.5) is 5.69 Å². The summed E-state index contributed by atoms with van der Waals surface area (Å²) < 4.78 is 0. The van der Waals surface area contributed by atoms with Crippen LogP contribution >= 0.6 is 0 Å². The molecule has 4 fully saturated rings. The van der Waals surface area contributed by atoms with Crippen LogP contribution in [-0.2, 0) is 11.3 Å². The standard InChI is InChI=1S/C25H29N3O2/c29-23(14-25-11-18-8-19(12-25)10-20(9-18)13-25)27-15-17-3-5-22(6-4-17)28-24(30)21-2-1-7-26-16-21/h1-7,16,18-20H,8-15H2,(H,27,29)(H,28,30). The highest BCUT2D eigenvalue weighted by Crippen LogP contribution is 2.61. The first-order valence-corrected chi connectivity index (χ1v) is 11.1. The first-order chi connectivity index (χ1) is 14.6. The number of amides is 2. The molecule has 0 atom stereocenters. The van der Waals surface area contributed by atoms with Crippen molar-refractivity contribution in [2.45, 2.75) is 51.5 Å². The molecule has 4 saturated carbocycles. The molecule has 1 heterocycles. The maximum atomic E-state index is 12.7. The van der Waals surface area contributed by atoms with Gasteiger partial charge in [0.05, 0.1) is 5.56 Å². The summed E-state index contributed by atoms with van der Waals surface area (Å²) >= 11 is 0. The third-order valence-corrected chi connectivity index (χ3v) is 7.33. The molecule has 0 unspecified atom stereocenters. The topological polar surface area (TPSA) is 71.1 Å². The third kappa shape index (κ3) is 4.11. The number of carbonyl (C=O) groups excluding carboxylic acids is 2. The molecule has 156 valence electrons. The van der Waals surface area contributed by atoms with Crippen LogP contribution in [0.5, 0.6) is 0 Å². The van der Waals surface area contributed by atoms with E-state index < -0.39 is 0 Å². The molecule has 2 N–H and O–H groups in total. The van der Waals surface area contributed by atoms with E-state index in [9.17, 15) is 9.59 Å². The zero-order chi connectivity index (χ0) is 20.6. The van der Waals surface area contributed by atoms with E-state index in [2.05, 4.69) is 15.6 Å². The summed E-state index contributed by atoms with van der Waals surface area (Å²) in [6.45, 7) is 0.530. The third-order valence-electron chi connectivity index (χ3n) is 7.33. The highest BCUT2D eigenvalue weighted by molar-refractivity contribution is 6.04. The monoisotopic (exact) mass is 403 g/mol. The van der Waals surface area contributed by atoms with Crippen molar-refractivity contribution in [3.63, 3.8) is 0 Å². The van der Waals surface area contributed by atoms with Crippen LogP contribution in [0.3, 0.4) is 0 Å². The van der Waals surface area contributed by atoms with Crippen molar-refractivity contribution >= 4 is 17.5 Å². The molecule has 2 amide bonds. The molecular weight excluding hydrogens is 374 g/mol. The van der Waals surface area contributed by atoms with Gasteiger partial charge in [0.1, 0.15) is 0 Å². The molecule has 2 aromatic rings. The Balaban J connectivity index is 1.12. The van der Waals surface area contributed by atoms with Crippen LogP contribution in [0.2, 0.25) is 0 Å². The molecule has 0 saturated heterocycles. The summed E-state index contributed by atoms with van der Waals surface area (Å²) in [6.07, 6.45) is 11.9. The van der Waals surface area contributed by atoms with Gasteiger partial charge in [0.2, 0.25) is 5.91 Å². The molecule has 5 heteroatoms. The molecule has 0 aliphatic heterocycles. The molecule has 4 aliphatic carbocycles. The van der Waals surface area contributed by atoms with Gasteiger partial charge in [-0.05, 0) is 91.5 Å². The average molecular weight is 404 g/mol. The predicted molar refractivity (Wildman–Crippen MR) is 116 cm³/mol. The fraction of sp³-hybridized carbons (Fsp3) is 0.480. The number of benzene rings is 1. The SMILES string of the molecule is O=C(CC12CC3CC(CC(C3)C1)C2)NCc1ccc(NC(=O)c2cccnc2)cc1. The lowest BCUT2D eigenvalue weighted by atomic mass is 9.49. The Morgan fingerprint density at radius 1 is 0.967 bits per heavy atom. The lowest BCUT2D eigenvalue weighted by molar-refractivity contribution is -0.129. The minimum Gasteiger partial charge on any atom is -0.352 e. The Labute approximate surface area is 177 Å². The average Bonchev–Trinajstić information content (AvgIpc) is 2.72. The number of rotatable bonds is 6. The Morgan fingerprint density at radius 3 is 2.23 bits per heavy atom. The molecule has 0 spiro atoms. The fourth-order valence-corrected chi connectivity index (χ4v) is 6.52. The van der Waals surface area contributed by atoms with E-state index in [1.54, 1.807) is 24.5 Å². The molecule has 1 aromatic carbocycles. The van der Waals surface area contributed by atoms with Gasteiger partial charge in [0.15, 0.2) is 0 Å². The Hall–Kier alpha value is -2.69. The molecule has 0 radical (unpaired) electrons. The van der Waals surface area contributed by atoms with Crippen molar-refractivity contribution in [2.75, 3.05) is 5.32 Å². The summed E-state index contributed by atoms with van der Waals surface area (Å²) in [6, 6.07) is 11.1. The number of hydrogen-bond acceptors (Lipinski definition) is 3. The van der Waals surface area contributed by atoms with E-state index in [0.717, 1.165) is 29.0 Å². The van der Waals surface area contributed by atoms with Gasteiger partial charge in [-0.15, -0.1) is 0 Å². The van der Waals surface area contributed by atoms with E-state index in [0.29, 0.717) is 18.5 Å². The quantitative estimate of drug-likeness (QED) is 0.743. The molecule has 4 bridgehead atoms. The molecule has 4 aliphatic rings. The van der Waals surface area contributed by atoms with Crippen LogP contribution in [0, 0.1) is 23.2 Å². The van der Waals surface area contributed by atoms with Crippen molar-refractivity contribution in [1.82, 2.24) is 10.3 Å². The van der Waals surface area contributed by atoms with Gasteiger partial charge in [0.25, 0.3) is 5.91 Å². The van der Waals surface area contributed by atoms with E-state index in [-0.39, 0.29) is 17.2 Å². The Bertz CT molecular complexity index is 888. The van der Waals surface area contributed by atoms with Crippen molar-refractivity contribution in [3.05, 3.63) is 59.9 Å². The summed E-state index contributed by atoms with van der Waals surface area (Å²) in [4.78, 5) is 28.9. The van der Waals surface area contributed by atoms with Crippen molar-refractivity contribution < 1.29 is 9.59 Å². The second kappa shape index (κ2) is 7.86. The maximum Gasteiger partial charge on any atom is 0.257 e. The zero-order valence-corrected chi connectivity index (χ0v) is 17.3. The van der Waals surface area contributed by atoms with E-state index >= 15 is 0 Å². The smallest absolute Gasteiger partial charge is 0.257 e. The summed E-state index contributed by atoms with van der Waals surface area (Å²) in [7, 11) is 0. The number of hydrogen-bond donors (Lipinski definition) is 2. The number of pyridine rings is 1. The van der Waals surface area contributed by atoms with Gasteiger partial charge >= 0.3 is 0 Å². The lowest BCUT2D eigenvalue weighted by Crippen LogP contribution is -2.47. The molecule has 6 rings (SSSR count). The van der Waals surface area contributed by atoms with Crippen LogP contribution in [-0.4, -0.2) is 16.8 Å². The van der Waals surface area contributed by atoms with Gasteiger partial charge < -0.3 is 10.6 Å². The minimum absolute atomic E-state index is 0.181. The number of anilines is 1. The van der Waals surface area contributed by atoms with Crippen LogP contribution in [0.25, 0.3) is 0 Å². The highest BCUT2D eigenvalue weighted by Gasteiger charge is 2.51. The minimum atomic E-state index is -0.181. The molecular formula is C25H29N3O2.